The molecule has 0 radical (unpaired) electrons. The second kappa shape index (κ2) is 4.75. The molecule has 0 unspecified atom stereocenters. The van der Waals surface area contributed by atoms with E-state index < -0.39 is 34.9 Å². The standard InChI is InChI=1S/C11H7F3N2O3S/c1-4(17)7-6(9(16-15-7)11(12,13)14)8-5(10(18)19)2-3-20-8/h2-3H,1H3,(H,15,16)(H,18,19). The third-order valence-corrected chi connectivity index (χ3v) is 3.44. The Balaban J connectivity index is 2.77. The molecule has 0 spiro atoms. The van der Waals surface area contributed by atoms with Crippen LogP contribution in [-0.4, -0.2) is 27.1 Å². The van der Waals surface area contributed by atoms with E-state index in [-0.39, 0.29) is 10.4 Å². The number of ketones is 1. The topological polar surface area (TPSA) is 83.0 Å². The molecule has 2 aromatic rings. The highest BCUT2D eigenvalue weighted by atomic mass is 32.1. The van der Waals surface area contributed by atoms with Gasteiger partial charge in [0.05, 0.1) is 16.0 Å². The van der Waals surface area contributed by atoms with Crippen molar-refractivity contribution in [3.8, 4) is 10.4 Å². The molecular weight excluding hydrogens is 297 g/mol. The SMILES string of the molecule is CC(=O)c1n[nH]c(C(F)(F)F)c1-c1sccc1C(=O)O. The number of nitrogens with one attached hydrogen (secondary N) is 1. The van der Waals surface area contributed by atoms with Crippen molar-refractivity contribution in [1.82, 2.24) is 10.2 Å². The van der Waals surface area contributed by atoms with Crippen LogP contribution in [0.5, 0.6) is 0 Å². The van der Waals surface area contributed by atoms with E-state index in [0.29, 0.717) is 0 Å². The molecule has 2 aromatic heterocycles. The van der Waals surface area contributed by atoms with E-state index in [0.717, 1.165) is 18.3 Å². The predicted octanol–water partition coefficient (Wildman–Crippen LogP) is 3.06. The molecule has 0 fully saturated rings. The summed E-state index contributed by atoms with van der Waals surface area (Å²) < 4.78 is 38.8. The van der Waals surface area contributed by atoms with Gasteiger partial charge < -0.3 is 5.11 Å². The lowest BCUT2D eigenvalue weighted by atomic mass is 10.1. The van der Waals surface area contributed by atoms with E-state index >= 15 is 0 Å². The zero-order valence-corrected chi connectivity index (χ0v) is 10.7. The maximum Gasteiger partial charge on any atom is 0.433 e. The monoisotopic (exact) mass is 304 g/mol. The molecule has 0 aliphatic rings. The summed E-state index contributed by atoms with van der Waals surface area (Å²) in [7, 11) is 0. The zero-order valence-electron chi connectivity index (χ0n) is 9.91. The Kier molecular flexibility index (Phi) is 3.38. The lowest BCUT2D eigenvalue weighted by Crippen LogP contribution is -2.08. The van der Waals surface area contributed by atoms with Gasteiger partial charge in [0.25, 0.3) is 0 Å². The van der Waals surface area contributed by atoms with E-state index in [1.165, 1.54) is 11.4 Å². The van der Waals surface area contributed by atoms with Crippen molar-refractivity contribution < 1.29 is 27.9 Å². The van der Waals surface area contributed by atoms with Crippen LogP contribution in [-0.2, 0) is 6.18 Å². The molecule has 9 heteroatoms. The van der Waals surface area contributed by atoms with Crippen LogP contribution < -0.4 is 0 Å². The first-order valence-corrected chi connectivity index (χ1v) is 6.09. The number of thiophene rings is 1. The van der Waals surface area contributed by atoms with Gasteiger partial charge in [0, 0.05) is 6.92 Å². The average molecular weight is 304 g/mol. The number of Topliss-reactive ketones (excluding diaryl/α,β-unsaturated/α-hetero) is 1. The molecule has 0 bridgehead atoms. The number of hydrogen-bond donors (Lipinski definition) is 2. The maximum absolute atomic E-state index is 12.9. The summed E-state index contributed by atoms with van der Waals surface area (Å²) in [6.45, 7) is 1.06. The Bertz CT molecular complexity index is 687. The Labute approximate surface area is 114 Å². The van der Waals surface area contributed by atoms with Crippen LogP contribution in [0, 0.1) is 0 Å². The predicted molar refractivity (Wildman–Crippen MR) is 63.9 cm³/mol. The molecule has 0 atom stereocenters. The number of aromatic amines is 1. The average Bonchev–Trinajstić information content (AvgIpc) is 2.93. The number of carbonyl (C=O) groups excluding carboxylic acids is 1. The third-order valence-electron chi connectivity index (χ3n) is 2.51. The minimum absolute atomic E-state index is 0.149. The second-order valence-corrected chi connectivity index (χ2v) is 4.76. The molecule has 0 saturated carbocycles. The van der Waals surface area contributed by atoms with Crippen LogP contribution in [0.4, 0.5) is 13.2 Å². The van der Waals surface area contributed by atoms with Crippen LogP contribution in [0.1, 0.15) is 33.5 Å². The number of halogens is 3. The number of hydrogen-bond acceptors (Lipinski definition) is 4. The van der Waals surface area contributed by atoms with Crippen LogP contribution in [0.25, 0.3) is 10.4 Å². The fourth-order valence-corrected chi connectivity index (χ4v) is 2.63. The van der Waals surface area contributed by atoms with Crippen molar-refractivity contribution in [3.05, 3.63) is 28.4 Å². The molecule has 106 valence electrons. The largest absolute Gasteiger partial charge is 0.478 e. The number of rotatable bonds is 3. The molecule has 5 nitrogen and oxygen atoms in total. The van der Waals surface area contributed by atoms with E-state index in [1.807, 2.05) is 0 Å². The summed E-state index contributed by atoms with van der Waals surface area (Å²) in [4.78, 5) is 22.3. The number of carboxylic acid groups (broad SMARTS) is 1. The molecule has 20 heavy (non-hydrogen) atoms. The first kappa shape index (κ1) is 14.3. The lowest BCUT2D eigenvalue weighted by molar-refractivity contribution is -0.140. The first-order chi connectivity index (χ1) is 9.23. The van der Waals surface area contributed by atoms with E-state index in [1.54, 1.807) is 5.10 Å². The van der Waals surface area contributed by atoms with Gasteiger partial charge in [0.1, 0.15) is 11.4 Å². The summed E-state index contributed by atoms with van der Waals surface area (Å²) >= 11 is 0.804. The maximum atomic E-state index is 12.9. The summed E-state index contributed by atoms with van der Waals surface area (Å²) in [5, 5.41) is 15.5. The summed E-state index contributed by atoms with van der Waals surface area (Å²) in [6.07, 6.45) is -4.77. The highest BCUT2D eigenvalue weighted by Crippen LogP contribution is 2.41. The number of carbonyl (C=O) groups is 2. The molecule has 2 rings (SSSR count). The van der Waals surface area contributed by atoms with E-state index in [2.05, 4.69) is 5.10 Å². The molecule has 0 saturated heterocycles. The highest BCUT2D eigenvalue weighted by molar-refractivity contribution is 7.14. The van der Waals surface area contributed by atoms with Gasteiger partial charge in [-0.15, -0.1) is 11.3 Å². The summed E-state index contributed by atoms with van der Waals surface area (Å²) in [5.74, 6) is -2.05. The summed E-state index contributed by atoms with van der Waals surface area (Å²) in [5.41, 5.74) is -2.48. The van der Waals surface area contributed by atoms with Gasteiger partial charge >= 0.3 is 12.1 Å². The number of H-pyrrole nitrogens is 1. The Morgan fingerprint density at radius 2 is 2.05 bits per heavy atom. The van der Waals surface area contributed by atoms with Crippen LogP contribution in [0.3, 0.4) is 0 Å². The van der Waals surface area contributed by atoms with Crippen molar-refractivity contribution in [3.63, 3.8) is 0 Å². The second-order valence-electron chi connectivity index (χ2n) is 3.84. The fourth-order valence-electron chi connectivity index (χ4n) is 1.69. The molecule has 0 aliphatic heterocycles. The van der Waals surface area contributed by atoms with Gasteiger partial charge in [-0.2, -0.15) is 18.3 Å². The molecule has 0 amide bonds. The zero-order chi connectivity index (χ0) is 15.1. The normalized spacial score (nSPS) is 11.6. The Morgan fingerprint density at radius 3 is 2.55 bits per heavy atom. The van der Waals surface area contributed by atoms with Crippen molar-refractivity contribution in [2.24, 2.45) is 0 Å². The van der Waals surface area contributed by atoms with Crippen molar-refractivity contribution >= 4 is 23.1 Å². The molecule has 2 heterocycles. The van der Waals surface area contributed by atoms with Gasteiger partial charge in [-0.1, -0.05) is 0 Å². The Hall–Kier alpha value is -2.16. The molecule has 0 aliphatic carbocycles. The van der Waals surface area contributed by atoms with Crippen LogP contribution >= 0.6 is 11.3 Å². The highest BCUT2D eigenvalue weighted by Gasteiger charge is 2.39. The molecule has 0 aromatic carbocycles. The number of aromatic carboxylic acids is 1. The number of alkyl halides is 3. The number of nitrogens with zero attached hydrogens (tertiary/aromatic N) is 1. The first-order valence-electron chi connectivity index (χ1n) is 5.21. The number of aromatic nitrogens is 2. The van der Waals surface area contributed by atoms with Crippen LogP contribution in [0.15, 0.2) is 11.4 Å². The smallest absolute Gasteiger partial charge is 0.433 e. The van der Waals surface area contributed by atoms with Gasteiger partial charge in [-0.05, 0) is 11.4 Å². The molecule has 2 N–H and O–H groups in total. The van der Waals surface area contributed by atoms with Gasteiger partial charge in [0.2, 0.25) is 0 Å². The third kappa shape index (κ3) is 2.31. The van der Waals surface area contributed by atoms with E-state index in [9.17, 15) is 22.8 Å². The van der Waals surface area contributed by atoms with Crippen LogP contribution in [0.2, 0.25) is 0 Å². The minimum atomic E-state index is -4.77. The Morgan fingerprint density at radius 1 is 1.40 bits per heavy atom. The fraction of sp³-hybridized carbons (Fsp3) is 0.182. The molecular formula is C11H7F3N2O3S. The van der Waals surface area contributed by atoms with Crippen molar-refractivity contribution in [2.45, 2.75) is 13.1 Å². The van der Waals surface area contributed by atoms with Gasteiger partial charge in [0.15, 0.2) is 5.78 Å². The quantitative estimate of drug-likeness (QED) is 0.854. The van der Waals surface area contributed by atoms with Crippen molar-refractivity contribution in [1.29, 1.82) is 0 Å². The van der Waals surface area contributed by atoms with Gasteiger partial charge in [-0.25, -0.2) is 4.79 Å². The minimum Gasteiger partial charge on any atom is -0.478 e. The lowest BCUT2D eigenvalue weighted by Gasteiger charge is -2.07. The van der Waals surface area contributed by atoms with E-state index in [4.69, 9.17) is 5.11 Å². The van der Waals surface area contributed by atoms with Crippen molar-refractivity contribution in [2.75, 3.05) is 0 Å². The van der Waals surface area contributed by atoms with Gasteiger partial charge in [-0.3, -0.25) is 9.89 Å². The number of carboxylic acids is 1. The summed E-state index contributed by atoms with van der Waals surface area (Å²) in [6, 6.07) is 1.18.